The summed E-state index contributed by atoms with van der Waals surface area (Å²) in [6.07, 6.45) is 6.62. The Balaban J connectivity index is 1.69. The molecule has 0 spiro atoms. The standard InChI is InChI=1S/C17H18BrN3O/c18-12-4-3-7-14(10-12)21-17(22)16-11-15(8-9-19-16)20-13-5-1-2-6-13/h3-4,7-11,13H,1-2,5-6H2,(H,19,20)(H,21,22). The molecule has 1 aromatic heterocycles. The molecule has 3 rings (SSSR count). The SMILES string of the molecule is O=C(Nc1cccc(Br)c1)c1cc(NC2CCCC2)ccn1. The lowest BCUT2D eigenvalue weighted by Crippen LogP contribution is -2.17. The quantitative estimate of drug-likeness (QED) is 0.847. The third kappa shape index (κ3) is 3.85. The molecule has 0 radical (unpaired) electrons. The molecule has 1 fully saturated rings. The molecule has 1 heterocycles. The second kappa shape index (κ2) is 6.92. The van der Waals surface area contributed by atoms with Crippen LogP contribution in [0.3, 0.4) is 0 Å². The lowest BCUT2D eigenvalue weighted by molar-refractivity contribution is 0.102. The van der Waals surface area contributed by atoms with Crippen molar-refractivity contribution < 1.29 is 4.79 Å². The van der Waals surface area contributed by atoms with Gasteiger partial charge in [0.1, 0.15) is 5.69 Å². The summed E-state index contributed by atoms with van der Waals surface area (Å²) in [7, 11) is 0. The summed E-state index contributed by atoms with van der Waals surface area (Å²) in [5.41, 5.74) is 2.12. The van der Waals surface area contributed by atoms with E-state index in [1.165, 1.54) is 25.7 Å². The summed E-state index contributed by atoms with van der Waals surface area (Å²) in [5.74, 6) is -0.201. The fourth-order valence-corrected chi connectivity index (χ4v) is 3.11. The molecule has 1 aliphatic rings. The fraction of sp³-hybridized carbons (Fsp3) is 0.294. The molecule has 2 aromatic rings. The maximum Gasteiger partial charge on any atom is 0.274 e. The lowest BCUT2D eigenvalue weighted by atomic mass is 10.2. The number of hydrogen-bond donors (Lipinski definition) is 2. The van der Waals surface area contributed by atoms with Gasteiger partial charge in [-0.25, -0.2) is 0 Å². The summed E-state index contributed by atoms with van der Waals surface area (Å²) in [6.45, 7) is 0. The van der Waals surface area contributed by atoms with Gasteiger partial charge in [-0.3, -0.25) is 9.78 Å². The fourth-order valence-electron chi connectivity index (χ4n) is 2.71. The normalized spacial score (nSPS) is 14.8. The zero-order valence-corrected chi connectivity index (χ0v) is 13.8. The minimum Gasteiger partial charge on any atom is -0.382 e. The van der Waals surface area contributed by atoms with Gasteiger partial charge in [-0.2, -0.15) is 0 Å². The predicted octanol–water partition coefficient (Wildman–Crippen LogP) is 4.45. The van der Waals surface area contributed by atoms with Gasteiger partial charge in [-0.05, 0) is 43.2 Å². The van der Waals surface area contributed by atoms with Gasteiger partial charge in [0.05, 0.1) is 0 Å². The molecule has 1 aromatic carbocycles. The number of halogens is 1. The predicted molar refractivity (Wildman–Crippen MR) is 92.2 cm³/mol. The zero-order chi connectivity index (χ0) is 15.4. The largest absolute Gasteiger partial charge is 0.382 e. The van der Waals surface area contributed by atoms with Crippen molar-refractivity contribution in [2.75, 3.05) is 10.6 Å². The van der Waals surface area contributed by atoms with E-state index in [4.69, 9.17) is 0 Å². The number of benzene rings is 1. The number of anilines is 2. The summed E-state index contributed by atoms with van der Waals surface area (Å²) in [5, 5.41) is 6.34. The highest BCUT2D eigenvalue weighted by Crippen LogP contribution is 2.22. The average molecular weight is 360 g/mol. The van der Waals surface area contributed by atoms with Gasteiger partial charge < -0.3 is 10.6 Å². The van der Waals surface area contributed by atoms with Crippen LogP contribution >= 0.6 is 15.9 Å². The minimum absolute atomic E-state index is 0.201. The van der Waals surface area contributed by atoms with Crippen molar-refractivity contribution in [3.63, 3.8) is 0 Å². The molecule has 1 saturated carbocycles. The van der Waals surface area contributed by atoms with E-state index < -0.39 is 0 Å². The summed E-state index contributed by atoms with van der Waals surface area (Å²) in [4.78, 5) is 16.5. The number of nitrogens with one attached hydrogen (secondary N) is 2. The Labute approximate surface area is 138 Å². The monoisotopic (exact) mass is 359 g/mol. The molecule has 0 atom stereocenters. The van der Waals surface area contributed by atoms with Crippen LogP contribution < -0.4 is 10.6 Å². The Morgan fingerprint density at radius 1 is 1.14 bits per heavy atom. The third-order valence-corrected chi connectivity index (χ3v) is 4.29. The Kier molecular flexibility index (Phi) is 4.73. The number of amides is 1. The molecule has 0 unspecified atom stereocenters. The minimum atomic E-state index is -0.201. The van der Waals surface area contributed by atoms with Gasteiger partial charge in [0, 0.05) is 28.1 Å². The lowest BCUT2D eigenvalue weighted by Gasteiger charge is -2.14. The summed E-state index contributed by atoms with van der Waals surface area (Å²) >= 11 is 3.39. The van der Waals surface area contributed by atoms with Crippen LogP contribution in [0, 0.1) is 0 Å². The first-order chi connectivity index (χ1) is 10.7. The molecular formula is C17H18BrN3O. The highest BCUT2D eigenvalue weighted by atomic mass is 79.9. The molecule has 0 saturated heterocycles. The molecule has 4 nitrogen and oxygen atoms in total. The Hall–Kier alpha value is -1.88. The van der Waals surface area contributed by atoms with Crippen LogP contribution in [0.4, 0.5) is 11.4 Å². The van der Waals surface area contributed by atoms with Crippen molar-refractivity contribution >= 4 is 33.2 Å². The van der Waals surface area contributed by atoms with Crippen molar-refractivity contribution in [3.05, 3.63) is 52.8 Å². The smallest absolute Gasteiger partial charge is 0.274 e. The third-order valence-electron chi connectivity index (χ3n) is 3.80. The molecule has 114 valence electrons. The maximum absolute atomic E-state index is 12.3. The van der Waals surface area contributed by atoms with E-state index in [1.54, 1.807) is 6.20 Å². The number of carbonyl (C=O) groups excluding carboxylic acids is 1. The molecule has 5 heteroatoms. The van der Waals surface area contributed by atoms with Crippen molar-refractivity contribution in [3.8, 4) is 0 Å². The number of hydrogen-bond acceptors (Lipinski definition) is 3. The van der Waals surface area contributed by atoms with Crippen LogP contribution in [0.25, 0.3) is 0 Å². The van der Waals surface area contributed by atoms with E-state index in [9.17, 15) is 4.79 Å². The van der Waals surface area contributed by atoms with Crippen molar-refractivity contribution in [1.29, 1.82) is 0 Å². The first-order valence-corrected chi connectivity index (χ1v) is 8.29. The van der Waals surface area contributed by atoms with Gasteiger partial charge in [0.15, 0.2) is 0 Å². The summed E-state index contributed by atoms with van der Waals surface area (Å²) < 4.78 is 0.926. The first kappa shape index (κ1) is 15.0. The number of pyridine rings is 1. The second-order valence-electron chi connectivity index (χ2n) is 5.52. The van der Waals surface area contributed by atoms with Gasteiger partial charge in [0.25, 0.3) is 5.91 Å². The molecule has 0 bridgehead atoms. The molecule has 2 N–H and O–H groups in total. The number of aromatic nitrogens is 1. The van der Waals surface area contributed by atoms with Crippen LogP contribution in [0.15, 0.2) is 47.1 Å². The van der Waals surface area contributed by atoms with Gasteiger partial charge in [0.2, 0.25) is 0 Å². The molecule has 22 heavy (non-hydrogen) atoms. The zero-order valence-electron chi connectivity index (χ0n) is 12.2. The molecule has 1 amide bonds. The van der Waals surface area contributed by atoms with E-state index in [0.29, 0.717) is 11.7 Å². The van der Waals surface area contributed by atoms with E-state index >= 15 is 0 Å². The Bertz CT molecular complexity index is 668. The van der Waals surface area contributed by atoms with E-state index in [-0.39, 0.29) is 5.91 Å². The number of nitrogens with zero attached hydrogens (tertiary/aromatic N) is 1. The van der Waals surface area contributed by atoms with E-state index in [2.05, 4.69) is 31.5 Å². The van der Waals surface area contributed by atoms with E-state index in [1.807, 2.05) is 36.4 Å². The van der Waals surface area contributed by atoms with Crippen LogP contribution in [0.2, 0.25) is 0 Å². The van der Waals surface area contributed by atoms with Gasteiger partial charge in [-0.15, -0.1) is 0 Å². The van der Waals surface area contributed by atoms with Crippen LogP contribution in [-0.4, -0.2) is 16.9 Å². The topological polar surface area (TPSA) is 54.0 Å². The maximum atomic E-state index is 12.3. The van der Waals surface area contributed by atoms with Crippen LogP contribution in [-0.2, 0) is 0 Å². The average Bonchev–Trinajstić information content (AvgIpc) is 3.00. The van der Waals surface area contributed by atoms with Crippen LogP contribution in [0.1, 0.15) is 36.2 Å². The first-order valence-electron chi connectivity index (χ1n) is 7.50. The highest BCUT2D eigenvalue weighted by molar-refractivity contribution is 9.10. The number of rotatable bonds is 4. The Morgan fingerprint density at radius 3 is 2.73 bits per heavy atom. The van der Waals surface area contributed by atoms with Crippen molar-refractivity contribution in [2.24, 2.45) is 0 Å². The van der Waals surface area contributed by atoms with Gasteiger partial charge in [-0.1, -0.05) is 34.8 Å². The Morgan fingerprint density at radius 2 is 1.95 bits per heavy atom. The van der Waals surface area contributed by atoms with Crippen molar-refractivity contribution in [2.45, 2.75) is 31.7 Å². The van der Waals surface area contributed by atoms with E-state index in [0.717, 1.165) is 15.8 Å². The van der Waals surface area contributed by atoms with Crippen LogP contribution in [0.5, 0.6) is 0 Å². The number of carbonyl (C=O) groups is 1. The second-order valence-corrected chi connectivity index (χ2v) is 6.44. The van der Waals surface area contributed by atoms with Gasteiger partial charge >= 0.3 is 0 Å². The molecule has 1 aliphatic carbocycles. The highest BCUT2D eigenvalue weighted by Gasteiger charge is 2.15. The summed E-state index contributed by atoms with van der Waals surface area (Å²) in [6, 6.07) is 11.7. The molecular weight excluding hydrogens is 342 g/mol. The van der Waals surface area contributed by atoms with Crippen molar-refractivity contribution in [1.82, 2.24) is 4.98 Å². The molecule has 0 aliphatic heterocycles.